The van der Waals surface area contributed by atoms with Crippen molar-refractivity contribution in [2.45, 2.75) is 38.6 Å². The molecular weight excluding hydrogens is 258 g/mol. The Labute approximate surface area is 117 Å². The van der Waals surface area contributed by atoms with Crippen molar-refractivity contribution in [2.75, 3.05) is 0 Å². The highest BCUT2D eigenvalue weighted by Crippen LogP contribution is 2.24. The Hall–Kier alpha value is -2.04. The van der Waals surface area contributed by atoms with Gasteiger partial charge >= 0.3 is 5.97 Å². The summed E-state index contributed by atoms with van der Waals surface area (Å²) in [6.45, 7) is 1.83. The highest BCUT2D eigenvalue weighted by molar-refractivity contribution is 5.92. The number of hydrogen-bond donors (Lipinski definition) is 2. The van der Waals surface area contributed by atoms with Gasteiger partial charge in [0.15, 0.2) is 0 Å². The van der Waals surface area contributed by atoms with Crippen molar-refractivity contribution in [3.05, 3.63) is 29.7 Å². The number of nitrogens with one attached hydrogen (secondary N) is 1. The Morgan fingerprint density at radius 1 is 1.35 bits per heavy atom. The van der Waals surface area contributed by atoms with Gasteiger partial charge in [0.05, 0.1) is 5.92 Å². The number of aliphatic carboxylic acids is 1. The van der Waals surface area contributed by atoms with Gasteiger partial charge in [-0.2, -0.15) is 0 Å². The molecule has 108 valence electrons. The van der Waals surface area contributed by atoms with E-state index in [1.165, 1.54) is 6.08 Å². The van der Waals surface area contributed by atoms with Crippen LogP contribution in [0.15, 0.2) is 22.6 Å². The molecule has 0 aliphatic heterocycles. The van der Waals surface area contributed by atoms with E-state index in [1.807, 2.05) is 13.0 Å². The fourth-order valence-electron chi connectivity index (χ4n) is 2.53. The smallest absolute Gasteiger partial charge is 0.308 e. The molecule has 2 N–H and O–H groups in total. The van der Waals surface area contributed by atoms with Gasteiger partial charge in [0, 0.05) is 12.1 Å². The lowest BCUT2D eigenvalue weighted by Gasteiger charge is -2.28. The number of carbonyl (C=O) groups excluding carboxylic acids is 1. The summed E-state index contributed by atoms with van der Waals surface area (Å²) in [5.41, 5.74) is 0. The second-order valence-electron chi connectivity index (χ2n) is 5.13. The highest BCUT2D eigenvalue weighted by atomic mass is 16.4. The number of furan rings is 1. The molecule has 5 nitrogen and oxygen atoms in total. The maximum Gasteiger partial charge on any atom is 0.308 e. The standard InChI is InChI=1S/C15H19NO4/c1-10-6-7-11(20-10)8-9-14(17)16-13-5-3-2-4-12(13)15(18)19/h6-9,12-13H,2-5H2,1H3,(H,16,17)(H,18,19). The van der Waals surface area contributed by atoms with E-state index in [1.54, 1.807) is 12.1 Å². The zero-order valence-corrected chi connectivity index (χ0v) is 11.5. The lowest BCUT2D eigenvalue weighted by atomic mass is 9.84. The van der Waals surface area contributed by atoms with E-state index in [0.717, 1.165) is 25.0 Å². The van der Waals surface area contributed by atoms with Crippen LogP contribution in [0.5, 0.6) is 0 Å². The molecule has 1 aliphatic rings. The van der Waals surface area contributed by atoms with E-state index in [9.17, 15) is 9.59 Å². The Morgan fingerprint density at radius 3 is 2.75 bits per heavy atom. The first-order valence-electron chi connectivity index (χ1n) is 6.84. The third-order valence-electron chi connectivity index (χ3n) is 3.57. The molecule has 1 aliphatic carbocycles. The number of aryl methyl sites for hydroxylation is 1. The Bertz CT molecular complexity index is 518. The molecule has 2 atom stereocenters. The van der Waals surface area contributed by atoms with Crippen LogP contribution in [-0.4, -0.2) is 23.0 Å². The van der Waals surface area contributed by atoms with Crippen molar-refractivity contribution in [1.29, 1.82) is 0 Å². The van der Waals surface area contributed by atoms with E-state index >= 15 is 0 Å². The van der Waals surface area contributed by atoms with Crippen LogP contribution in [0, 0.1) is 12.8 Å². The fraction of sp³-hybridized carbons (Fsp3) is 0.467. The Kier molecular flexibility index (Phi) is 4.61. The minimum Gasteiger partial charge on any atom is -0.481 e. The highest BCUT2D eigenvalue weighted by Gasteiger charge is 2.31. The third kappa shape index (κ3) is 3.73. The minimum absolute atomic E-state index is 0.280. The molecule has 1 fully saturated rings. The lowest BCUT2D eigenvalue weighted by Crippen LogP contribution is -2.44. The third-order valence-corrected chi connectivity index (χ3v) is 3.57. The average Bonchev–Trinajstić information content (AvgIpc) is 2.83. The molecule has 1 heterocycles. The molecule has 2 unspecified atom stereocenters. The summed E-state index contributed by atoms with van der Waals surface area (Å²) < 4.78 is 5.32. The fourth-order valence-corrected chi connectivity index (χ4v) is 2.53. The molecular formula is C15H19NO4. The first-order chi connectivity index (χ1) is 9.56. The van der Waals surface area contributed by atoms with Crippen LogP contribution in [0.4, 0.5) is 0 Å². The van der Waals surface area contributed by atoms with Crippen molar-refractivity contribution < 1.29 is 19.1 Å². The number of carboxylic acid groups (broad SMARTS) is 1. The van der Waals surface area contributed by atoms with Gasteiger partial charge in [-0.05, 0) is 38.0 Å². The van der Waals surface area contributed by atoms with E-state index in [4.69, 9.17) is 9.52 Å². The summed E-state index contributed by atoms with van der Waals surface area (Å²) in [5, 5.41) is 11.9. The van der Waals surface area contributed by atoms with Gasteiger partial charge in [-0.25, -0.2) is 0 Å². The molecule has 1 saturated carbocycles. The van der Waals surface area contributed by atoms with Crippen molar-refractivity contribution in [3.63, 3.8) is 0 Å². The Morgan fingerprint density at radius 2 is 2.10 bits per heavy atom. The van der Waals surface area contributed by atoms with Crippen LogP contribution in [-0.2, 0) is 9.59 Å². The molecule has 1 amide bonds. The zero-order valence-electron chi connectivity index (χ0n) is 11.5. The van der Waals surface area contributed by atoms with Gasteiger partial charge in [0.2, 0.25) is 5.91 Å². The predicted octanol–water partition coefficient (Wildman–Crippen LogP) is 2.36. The minimum atomic E-state index is -0.833. The van der Waals surface area contributed by atoms with Gasteiger partial charge in [0.25, 0.3) is 0 Å². The topological polar surface area (TPSA) is 79.5 Å². The number of amides is 1. The summed E-state index contributed by atoms with van der Waals surface area (Å²) in [7, 11) is 0. The quantitative estimate of drug-likeness (QED) is 0.828. The zero-order chi connectivity index (χ0) is 14.5. The maximum atomic E-state index is 11.8. The second kappa shape index (κ2) is 6.41. The largest absolute Gasteiger partial charge is 0.481 e. The molecule has 2 rings (SSSR count). The van der Waals surface area contributed by atoms with E-state index in [0.29, 0.717) is 12.2 Å². The van der Waals surface area contributed by atoms with E-state index < -0.39 is 11.9 Å². The van der Waals surface area contributed by atoms with Crippen molar-refractivity contribution in [1.82, 2.24) is 5.32 Å². The van der Waals surface area contributed by atoms with Crippen LogP contribution in [0.2, 0.25) is 0 Å². The Balaban J connectivity index is 1.93. The van der Waals surface area contributed by atoms with Crippen molar-refractivity contribution >= 4 is 18.0 Å². The summed E-state index contributed by atoms with van der Waals surface area (Å²) in [4.78, 5) is 23.0. The molecule has 0 saturated heterocycles. The number of carbonyl (C=O) groups is 2. The van der Waals surface area contributed by atoms with Crippen LogP contribution in [0.1, 0.15) is 37.2 Å². The summed E-state index contributed by atoms with van der Waals surface area (Å²) >= 11 is 0. The van der Waals surface area contributed by atoms with E-state index in [2.05, 4.69) is 5.32 Å². The second-order valence-corrected chi connectivity index (χ2v) is 5.13. The SMILES string of the molecule is Cc1ccc(C=CC(=O)NC2CCCCC2C(=O)O)o1. The van der Waals surface area contributed by atoms with E-state index in [-0.39, 0.29) is 11.9 Å². The van der Waals surface area contributed by atoms with Gasteiger partial charge < -0.3 is 14.8 Å². The van der Waals surface area contributed by atoms with Crippen LogP contribution in [0.25, 0.3) is 6.08 Å². The first kappa shape index (κ1) is 14.4. The van der Waals surface area contributed by atoms with Gasteiger partial charge in [-0.15, -0.1) is 0 Å². The number of rotatable bonds is 4. The molecule has 1 aromatic heterocycles. The normalized spacial score (nSPS) is 22.9. The van der Waals surface area contributed by atoms with Gasteiger partial charge in [-0.3, -0.25) is 9.59 Å². The monoisotopic (exact) mass is 277 g/mol. The molecule has 0 spiro atoms. The predicted molar refractivity (Wildman–Crippen MR) is 74.0 cm³/mol. The lowest BCUT2D eigenvalue weighted by molar-refractivity contribution is -0.144. The summed E-state index contributed by atoms with van der Waals surface area (Å²) in [6.07, 6.45) is 6.17. The molecule has 0 bridgehead atoms. The molecule has 5 heteroatoms. The number of hydrogen-bond acceptors (Lipinski definition) is 3. The maximum absolute atomic E-state index is 11.8. The van der Waals surface area contributed by atoms with Gasteiger partial charge in [-0.1, -0.05) is 12.8 Å². The molecule has 0 aromatic carbocycles. The van der Waals surface area contributed by atoms with Crippen molar-refractivity contribution in [2.24, 2.45) is 5.92 Å². The molecule has 0 radical (unpaired) electrons. The van der Waals surface area contributed by atoms with Gasteiger partial charge in [0.1, 0.15) is 11.5 Å². The van der Waals surface area contributed by atoms with Crippen LogP contribution >= 0.6 is 0 Å². The number of carboxylic acids is 1. The first-order valence-corrected chi connectivity index (χ1v) is 6.84. The van der Waals surface area contributed by atoms with Crippen LogP contribution in [0.3, 0.4) is 0 Å². The summed E-state index contributed by atoms with van der Waals surface area (Å²) in [6, 6.07) is 3.32. The molecule has 1 aromatic rings. The van der Waals surface area contributed by atoms with Crippen molar-refractivity contribution in [3.8, 4) is 0 Å². The van der Waals surface area contributed by atoms with Crippen LogP contribution < -0.4 is 5.32 Å². The average molecular weight is 277 g/mol. The molecule has 20 heavy (non-hydrogen) atoms. The summed E-state index contributed by atoms with van der Waals surface area (Å²) in [5.74, 6) is -0.204.